The van der Waals surface area contributed by atoms with Crippen molar-refractivity contribution in [2.45, 2.75) is 31.5 Å². The molecule has 1 aliphatic carbocycles. The first-order valence-electron chi connectivity index (χ1n) is 11.6. The van der Waals surface area contributed by atoms with E-state index in [4.69, 9.17) is 14.2 Å². The van der Waals surface area contributed by atoms with Crippen molar-refractivity contribution in [1.29, 1.82) is 0 Å². The molecule has 188 valence electrons. The molecule has 7 nitrogen and oxygen atoms in total. The molecule has 4 aromatic rings. The molecule has 10 heteroatoms. The highest BCUT2D eigenvalue weighted by Gasteiger charge is 2.43. The van der Waals surface area contributed by atoms with E-state index in [1.807, 2.05) is 12.1 Å². The van der Waals surface area contributed by atoms with Gasteiger partial charge in [-0.25, -0.2) is 0 Å². The Morgan fingerprint density at radius 1 is 0.972 bits per heavy atom. The van der Waals surface area contributed by atoms with Gasteiger partial charge in [0, 0.05) is 23.2 Å². The number of rotatable bonds is 8. The lowest BCUT2D eigenvalue weighted by molar-refractivity contribution is -0.136. The fraction of sp³-hybridized carbons (Fsp3) is 0.308. The molecule has 1 aliphatic rings. The summed E-state index contributed by atoms with van der Waals surface area (Å²) in [6, 6.07) is 13.9. The van der Waals surface area contributed by atoms with Gasteiger partial charge in [0.2, 0.25) is 0 Å². The van der Waals surface area contributed by atoms with E-state index in [1.54, 1.807) is 18.2 Å². The highest BCUT2D eigenvalue weighted by Crippen LogP contribution is 2.46. The first-order valence-corrected chi connectivity index (χ1v) is 11.6. The van der Waals surface area contributed by atoms with Crippen molar-refractivity contribution in [3.8, 4) is 34.0 Å². The third-order valence-electron chi connectivity index (χ3n) is 6.27. The summed E-state index contributed by atoms with van der Waals surface area (Å²) in [6.45, 7) is 0.645. The van der Waals surface area contributed by atoms with Crippen LogP contribution in [0.4, 0.5) is 13.2 Å². The Bertz CT molecular complexity index is 1350. The number of nitrogens with zero attached hydrogens (tertiary/aromatic N) is 2. The SMILES string of the molecule is OCC(O)CNCCc1ccc2c(c1)CCc1c-2noc1-c1noc(-c2ccccc2)c1C(F)(F)F. The molecule has 5 rings (SSSR count). The van der Waals surface area contributed by atoms with Gasteiger partial charge in [-0.05, 0) is 36.9 Å². The van der Waals surface area contributed by atoms with Crippen LogP contribution < -0.4 is 5.32 Å². The standard InChI is InChI=1S/C26H24F3N3O4/c27-26(28,29)21-23(32-35-24(21)16-4-2-1-3-5-16)25-20-9-7-17-12-15(10-11-30-13-18(34)14-33)6-8-19(17)22(20)31-36-25/h1-6,8,12,18,30,33-34H,7,9-11,13-14H2. The Labute approximate surface area is 204 Å². The lowest BCUT2D eigenvalue weighted by Gasteiger charge is -2.17. The summed E-state index contributed by atoms with van der Waals surface area (Å²) in [7, 11) is 0. The molecule has 2 aromatic carbocycles. The number of aliphatic hydroxyl groups is 2. The number of aliphatic hydroxyl groups excluding tert-OH is 2. The van der Waals surface area contributed by atoms with Crippen LogP contribution in [0, 0.1) is 0 Å². The second-order valence-electron chi connectivity index (χ2n) is 8.72. The maximum Gasteiger partial charge on any atom is 0.422 e. The van der Waals surface area contributed by atoms with E-state index >= 15 is 0 Å². The molecular weight excluding hydrogens is 475 g/mol. The number of hydrogen-bond donors (Lipinski definition) is 3. The molecule has 2 aromatic heterocycles. The fourth-order valence-electron chi connectivity index (χ4n) is 4.50. The fourth-order valence-corrected chi connectivity index (χ4v) is 4.50. The molecule has 2 heterocycles. The zero-order valence-corrected chi connectivity index (χ0v) is 19.2. The van der Waals surface area contributed by atoms with E-state index in [1.165, 1.54) is 12.1 Å². The van der Waals surface area contributed by atoms with Gasteiger partial charge in [0.25, 0.3) is 0 Å². The number of aryl methyl sites for hydroxylation is 1. The van der Waals surface area contributed by atoms with Crippen LogP contribution >= 0.6 is 0 Å². The number of benzene rings is 2. The average Bonchev–Trinajstić information content (AvgIpc) is 3.51. The molecule has 0 saturated carbocycles. The molecule has 0 radical (unpaired) electrons. The van der Waals surface area contributed by atoms with E-state index in [0.717, 1.165) is 23.1 Å². The van der Waals surface area contributed by atoms with E-state index in [2.05, 4.69) is 21.7 Å². The highest BCUT2D eigenvalue weighted by molar-refractivity contribution is 5.79. The van der Waals surface area contributed by atoms with Gasteiger partial charge in [-0.2, -0.15) is 13.2 Å². The monoisotopic (exact) mass is 499 g/mol. The summed E-state index contributed by atoms with van der Waals surface area (Å²) >= 11 is 0. The number of fused-ring (bicyclic) bond motifs is 3. The molecule has 0 fully saturated rings. The van der Waals surface area contributed by atoms with Crippen molar-refractivity contribution in [1.82, 2.24) is 15.6 Å². The minimum atomic E-state index is -4.71. The Morgan fingerprint density at radius 3 is 2.47 bits per heavy atom. The topological polar surface area (TPSA) is 105 Å². The maximum atomic E-state index is 14.1. The van der Waals surface area contributed by atoms with Crippen molar-refractivity contribution in [3.63, 3.8) is 0 Å². The van der Waals surface area contributed by atoms with Gasteiger partial charge in [-0.1, -0.05) is 58.8 Å². The molecule has 0 aliphatic heterocycles. The van der Waals surface area contributed by atoms with E-state index < -0.39 is 23.5 Å². The third kappa shape index (κ3) is 4.67. The molecule has 0 saturated heterocycles. The van der Waals surface area contributed by atoms with E-state index in [0.29, 0.717) is 37.2 Å². The third-order valence-corrected chi connectivity index (χ3v) is 6.27. The van der Waals surface area contributed by atoms with Gasteiger partial charge in [0.05, 0.1) is 12.7 Å². The summed E-state index contributed by atoms with van der Waals surface area (Å²) < 4.78 is 53.0. The Hall–Kier alpha value is -3.47. The number of aromatic nitrogens is 2. The van der Waals surface area contributed by atoms with E-state index in [-0.39, 0.29) is 23.7 Å². The zero-order valence-electron chi connectivity index (χ0n) is 19.2. The highest BCUT2D eigenvalue weighted by atomic mass is 19.4. The molecule has 0 amide bonds. The molecular formula is C26H24F3N3O4. The van der Waals surface area contributed by atoms with Crippen LogP contribution in [-0.2, 0) is 25.4 Å². The normalized spacial score (nSPS) is 13.9. The summed E-state index contributed by atoms with van der Waals surface area (Å²) in [5.74, 6) is -0.381. The summed E-state index contributed by atoms with van der Waals surface area (Å²) in [5, 5.41) is 29.3. The first-order chi connectivity index (χ1) is 17.4. The first kappa shape index (κ1) is 24.2. The minimum Gasteiger partial charge on any atom is -0.394 e. The zero-order chi connectivity index (χ0) is 25.3. The predicted octanol–water partition coefficient (Wildman–Crippen LogP) is 4.27. The molecule has 3 N–H and O–H groups in total. The molecule has 1 atom stereocenters. The second-order valence-corrected chi connectivity index (χ2v) is 8.72. The molecule has 0 spiro atoms. The van der Waals surface area contributed by atoms with Crippen molar-refractivity contribution in [2.24, 2.45) is 0 Å². The lowest BCUT2D eigenvalue weighted by Crippen LogP contribution is -2.30. The molecule has 0 bridgehead atoms. The second kappa shape index (κ2) is 9.88. The Kier molecular flexibility index (Phi) is 6.65. The van der Waals surface area contributed by atoms with Gasteiger partial charge < -0.3 is 24.6 Å². The average molecular weight is 499 g/mol. The quantitative estimate of drug-likeness (QED) is 0.311. The van der Waals surface area contributed by atoms with Crippen LogP contribution in [-0.4, -0.2) is 46.3 Å². The van der Waals surface area contributed by atoms with Crippen LogP contribution in [0.5, 0.6) is 0 Å². The Balaban J connectivity index is 1.44. The van der Waals surface area contributed by atoms with Crippen LogP contribution in [0.3, 0.4) is 0 Å². The van der Waals surface area contributed by atoms with Crippen LogP contribution in [0.2, 0.25) is 0 Å². The van der Waals surface area contributed by atoms with Gasteiger partial charge in [0.15, 0.2) is 17.2 Å². The van der Waals surface area contributed by atoms with Crippen LogP contribution in [0.25, 0.3) is 34.0 Å². The smallest absolute Gasteiger partial charge is 0.394 e. The van der Waals surface area contributed by atoms with Gasteiger partial charge in [0.1, 0.15) is 11.3 Å². The molecule has 36 heavy (non-hydrogen) atoms. The molecule has 1 unspecified atom stereocenters. The number of halogens is 3. The number of hydrogen-bond acceptors (Lipinski definition) is 7. The largest absolute Gasteiger partial charge is 0.422 e. The van der Waals surface area contributed by atoms with Crippen molar-refractivity contribution in [3.05, 3.63) is 70.8 Å². The predicted molar refractivity (Wildman–Crippen MR) is 125 cm³/mol. The summed E-state index contributed by atoms with van der Waals surface area (Å²) in [5.41, 5.74) is 2.92. The number of alkyl halides is 3. The van der Waals surface area contributed by atoms with Crippen molar-refractivity contribution in [2.75, 3.05) is 19.7 Å². The van der Waals surface area contributed by atoms with Gasteiger partial charge in [-0.3, -0.25) is 0 Å². The summed E-state index contributed by atoms with van der Waals surface area (Å²) in [4.78, 5) is 0. The summed E-state index contributed by atoms with van der Waals surface area (Å²) in [6.07, 6.45) is -3.71. The maximum absolute atomic E-state index is 14.1. The van der Waals surface area contributed by atoms with Gasteiger partial charge in [-0.15, -0.1) is 0 Å². The minimum absolute atomic E-state index is 0.0235. The van der Waals surface area contributed by atoms with Gasteiger partial charge >= 0.3 is 6.18 Å². The van der Waals surface area contributed by atoms with Crippen molar-refractivity contribution >= 4 is 0 Å². The lowest BCUT2D eigenvalue weighted by atomic mass is 9.87. The van der Waals surface area contributed by atoms with Crippen molar-refractivity contribution < 1.29 is 32.4 Å². The number of nitrogens with one attached hydrogen (secondary N) is 1. The van der Waals surface area contributed by atoms with Crippen LogP contribution in [0.15, 0.2) is 57.6 Å². The Morgan fingerprint density at radius 2 is 1.72 bits per heavy atom. The van der Waals surface area contributed by atoms with Crippen LogP contribution in [0.1, 0.15) is 22.3 Å². The van der Waals surface area contributed by atoms with E-state index in [9.17, 15) is 18.3 Å².